The second-order valence-corrected chi connectivity index (χ2v) is 10.3. The first-order chi connectivity index (χ1) is 17.3. The van der Waals surface area contributed by atoms with Crippen molar-refractivity contribution in [2.45, 2.75) is 36.9 Å². The topological polar surface area (TPSA) is 88.9 Å². The lowest BCUT2D eigenvalue weighted by molar-refractivity contribution is -0.377. The van der Waals surface area contributed by atoms with Gasteiger partial charge in [0.05, 0.1) is 6.61 Å². The van der Waals surface area contributed by atoms with Crippen molar-refractivity contribution in [3.8, 4) is 11.5 Å². The van der Waals surface area contributed by atoms with Crippen molar-refractivity contribution < 1.29 is 38.2 Å². The van der Waals surface area contributed by atoms with Crippen LogP contribution in [0.4, 0.5) is 13.6 Å². The molecule has 1 aliphatic rings. The molecule has 0 bridgehead atoms. The highest BCUT2D eigenvalue weighted by molar-refractivity contribution is 8.13. The van der Waals surface area contributed by atoms with Crippen molar-refractivity contribution in [3.63, 3.8) is 0 Å². The minimum absolute atomic E-state index is 0. The van der Waals surface area contributed by atoms with Crippen molar-refractivity contribution in [3.05, 3.63) is 81.1 Å². The molecule has 1 aromatic heterocycles. The Hall–Kier alpha value is -2.30. The predicted molar refractivity (Wildman–Crippen MR) is 136 cm³/mol. The molecule has 6 nitrogen and oxygen atoms in total. The summed E-state index contributed by atoms with van der Waals surface area (Å²) in [4.78, 5) is 16.3. The zero-order valence-electron chi connectivity index (χ0n) is 19.1. The quantitative estimate of drug-likeness (QED) is 0.176. The molecule has 0 radical (unpaired) electrons. The lowest BCUT2D eigenvalue weighted by Gasteiger charge is -2.21. The fraction of sp³-hybridized carbons (Fsp3) is 0.280. The molecule has 198 valence electrons. The number of benzene rings is 2. The Morgan fingerprint density at radius 3 is 2.32 bits per heavy atom. The average Bonchev–Trinajstić information content (AvgIpc) is 3.66. The molecule has 0 spiro atoms. The molecule has 0 amide bonds. The van der Waals surface area contributed by atoms with E-state index in [0.717, 1.165) is 24.6 Å². The fourth-order valence-electron chi connectivity index (χ4n) is 3.35. The molecule has 1 fully saturated rings. The van der Waals surface area contributed by atoms with Gasteiger partial charge in [0.25, 0.3) is 0 Å². The van der Waals surface area contributed by atoms with Crippen LogP contribution in [-0.4, -0.2) is 24.0 Å². The lowest BCUT2D eigenvalue weighted by atomic mass is 10.0. The number of carbonyl (C=O) groups excluding carboxylic acids is 1. The van der Waals surface area contributed by atoms with Gasteiger partial charge in [0, 0.05) is 21.9 Å². The van der Waals surface area contributed by atoms with Crippen molar-refractivity contribution in [2.24, 2.45) is 5.92 Å². The maximum Gasteiger partial charge on any atom is 0.387 e. The number of hydrogen-bond acceptors (Lipinski definition) is 6. The van der Waals surface area contributed by atoms with Crippen LogP contribution in [0, 0.1) is 5.92 Å². The van der Waals surface area contributed by atoms with Gasteiger partial charge in [0.15, 0.2) is 23.9 Å². The highest BCUT2D eigenvalue weighted by Crippen LogP contribution is 2.38. The summed E-state index contributed by atoms with van der Waals surface area (Å²) in [5.41, 5.74) is 1.06. The van der Waals surface area contributed by atoms with E-state index >= 15 is 0 Å². The fourth-order valence-corrected chi connectivity index (χ4v) is 4.63. The maximum absolute atomic E-state index is 13.0. The molecule has 0 saturated heterocycles. The molecule has 12 heteroatoms. The Morgan fingerprint density at radius 2 is 1.70 bits per heavy atom. The minimum Gasteiger partial charge on any atom is -0.870 e. The van der Waals surface area contributed by atoms with Crippen LogP contribution in [0.15, 0.2) is 59.8 Å². The van der Waals surface area contributed by atoms with E-state index in [2.05, 4.69) is 9.72 Å². The second kappa shape index (κ2) is 13.5. The number of thioether (sulfide) groups is 1. The van der Waals surface area contributed by atoms with Crippen LogP contribution in [0.25, 0.3) is 0 Å². The highest BCUT2D eigenvalue weighted by atomic mass is 35.5. The molecule has 1 atom stereocenters. The van der Waals surface area contributed by atoms with E-state index in [4.69, 9.17) is 44.3 Å². The van der Waals surface area contributed by atoms with E-state index in [1.54, 1.807) is 48.8 Å². The predicted octanol–water partition coefficient (Wildman–Crippen LogP) is 7.89. The van der Waals surface area contributed by atoms with Gasteiger partial charge in [-0.3, -0.25) is 0 Å². The number of H-pyrrole nitrogens is 1. The first kappa shape index (κ1) is 29.3. The van der Waals surface area contributed by atoms with E-state index in [-0.39, 0.29) is 23.4 Å². The van der Waals surface area contributed by atoms with Gasteiger partial charge >= 0.3 is 11.9 Å². The van der Waals surface area contributed by atoms with E-state index in [1.807, 2.05) is 0 Å². The van der Waals surface area contributed by atoms with Gasteiger partial charge in [-0.15, -0.1) is 0 Å². The number of halogens is 5. The zero-order valence-corrected chi connectivity index (χ0v) is 22.2. The number of hydrogen-bond donors (Lipinski definition) is 0. The van der Waals surface area contributed by atoms with Gasteiger partial charge in [-0.25, -0.2) is 9.78 Å². The Bertz CT molecular complexity index is 1200. The van der Waals surface area contributed by atoms with Crippen LogP contribution in [0.1, 0.15) is 30.1 Å². The first-order valence-corrected chi connectivity index (χ1v) is 12.9. The van der Waals surface area contributed by atoms with Crippen LogP contribution in [-0.2, 0) is 11.2 Å². The Kier molecular flexibility index (Phi) is 10.7. The number of aromatic nitrogens is 1. The van der Waals surface area contributed by atoms with Crippen molar-refractivity contribution in [1.82, 2.24) is 0 Å². The summed E-state index contributed by atoms with van der Waals surface area (Å²) in [5, 5.41) is 0.680. The van der Waals surface area contributed by atoms with Crippen molar-refractivity contribution in [1.29, 1.82) is 0 Å². The zero-order chi connectivity index (χ0) is 25.7. The summed E-state index contributed by atoms with van der Waals surface area (Å²) in [5.74, 6) is 0.431. The second-order valence-electron chi connectivity index (χ2n) is 8.09. The third-order valence-corrected chi connectivity index (χ3v) is 7.06. The normalized spacial score (nSPS) is 13.6. The monoisotopic (exact) mass is 591 g/mol. The number of ether oxygens (including phenoxy) is 3. The van der Waals surface area contributed by atoms with E-state index < -0.39 is 18.0 Å². The standard InChI is InChI=1S/C25H20Cl3F2NO4S.H2O/c26-16-4-6-17(7-5-16)36-25(32)35-22(10-18-19(27)11-31-12-20(18)28)15-3-8-21(34-24(29)30)23(9-15)33-13-14-1-2-14;/h3-9,11-12,14,22,24H,1-2,10,13H2;1H2/t22-;/m0./s1. The highest BCUT2D eigenvalue weighted by Gasteiger charge is 2.26. The SMILES string of the molecule is O=C(O[C@@H](Cc1c(Cl)c[nH+]cc1Cl)c1ccc(OC(F)F)c(OCC2CC2)c1)Sc1ccc(Cl)cc1.[OH-]. The third-order valence-electron chi connectivity index (χ3n) is 5.37. The van der Waals surface area contributed by atoms with Crippen LogP contribution in [0.2, 0.25) is 15.1 Å². The number of alkyl halides is 2. The van der Waals surface area contributed by atoms with Gasteiger partial charge in [-0.1, -0.05) is 40.9 Å². The number of nitrogens with one attached hydrogen (secondary N) is 1. The lowest BCUT2D eigenvalue weighted by Crippen LogP contribution is -2.14. The third kappa shape index (κ3) is 8.61. The summed E-state index contributed by atoms with van der Waals surface area (Å²) in [7, 11) is 0. The Balaban J connectivity index is 0.00000380. The largest absolute Gasteiger partial charge is 0.870 e. The molecule has 1 saturated carbocycles. The summed E-state index contributed by atoms with van der Waals surface area (Å²) in [6.07, 6.45) is 4.46. The van der Waals surface area contributed by atoms with Crippen molar-refractivity contribution >= 4 is 51.9 Å². The minimum atomic E-state index is -3.01. The summed E-state index contributed by atoms with van der Waals surface area (Å²) >= 11 is 19.5. The smallest absolute Gasteiger partial charge is 0.387 e. The maximum atomic E-state index is 13.0. The van der Waals surface area contributed by atoms with Gasteiger partial charge < -0.3 is 19.7 Å². The molecule has 3 aromatic rings. The van der Waals surface area contributed by atoms with E-state index in [9.17, 15) is 13.6 Å². The summed E-state index contributed by atoms with van der Waals surface area (Å²) in [6.45, 7) is -2.63. The average molecular weight is 593 g/mol. The number of carbonyl (C=O) groups is 1. The molecule has 2 N–H and O–H groups in total. The molecule has 2 aromatic carbocycles. The van der Waals surface area contributed by atoms with Crippen LogP contribution in [0.3, 0.4) is 0 Å². The van der Waals surface area contributed by atoms with Gasteiger partial charge in [-0.05, 0) is 72.5 Å². The van der Waals surface area contributed by atoms with Crippen LogP contribution < -0.4 is 14.5 Å². The van der Waals surface area contributed by atoms with Crippen molar-refractivity contribution in [2.75, 3.05) is 6.61 Å². The molecule has 1 heterocycles. The van der Waals surface area contributed by atoms with Crippen LogP contribution in [0.5, 0.6) is 11.5 Å². The molecule has 4 rings (SSSR count). The molecule has 37 heavy (non-hydrogen) atoms. The molecule has 0 unspecified atom stereocenters. The van der Waals surface area contributed by atoms with Gasteiger partial charge in [0.1, 0.15) is 16.1 Å². The summed E-state index contributed by atoms with van der Waals surface area (Å²) in [6, 6.07) is 11.2. The molecular formula is C25H22Cl3F2NO5S. The summed E-state index contributed by atoms with van der Waals surface area (Å²) < 4.78 is 42.2. The number of rotatable bonds is 10. The van der Waals surface area contributed by atoms with Gasteiger partial charge in [0.2, 0.25) is 0 Å². The molecule has 1 aliphatic carbocycles. The van der Waals surface area contributed by atoms with Gasteiger partial charge in [-0.2, -0.15) is 8.78 Å². The Labute approximate surface area is 231 Å². The van der Waals surface area contributed by atoms with Crippen LogP contribution >= 0.6 is 46.6 Å². The van der Waals surface area contributed by atoms with E-state index in [1.165, 1.54) is 6.07 Å². The van der Waals surface area contributed by atoms with E-state index in [0.29, 0.717) is 43.6 Å². The molecular weight excluding hydrogens is 571 g/mol. The Morgan fingerprint density at radius 1 is 1.03 bits per heavy atom. The number of aromatic amines is 1. The molecule has 0 aliphatic heterocycles. The number of pyridine rings is 1. The first-order valence-electron chi connectivity index (χ1n) is 11.0.